The van der Waals surface area contributed by atoms with Gasteiger partial charge in [0.2, 0.25) is 5.91 Å². The average molecular weight is 370 g/mol. The molecule has 1 aromatic heterocycles. The summed E-state index contributed by atoms with van der Waals surface area (Å²) in [6, 6.07) is 4.86. The van der Waals surface area contributed by atoms with E-state index < -0.39 is 17.5 Å². The van der Waals surface area contributed by atoms with E-state index in [1.807, 2.05) is 6.92 Å². The van der Waals surface area contributed by atoms with Crippen LogP contribution in [0.5, 0.6) is 0 Å². The fourth-order valence-electron chi connectivity index (χ4n) is 2.84. The molecule has 0 bridgehead atoms. The minimum atomic E-state index is -4.97. The topological polar surface area (TPSA) is 60.3 Å². The van der Waals surface area contributed by atoms with Crippen LogP contribution in [0.3, 0.4) is 0 Å². The first kappa shape index (κ1) is 20.0. The molecular formula is C18H21F3N2O3. The number of carbonyl (C=O) groups excluding carboxylic acids is 2. The van der Waals surface area contributed by atoms with Crippen molar-refractivity contribution in [1.29, 1.82) is 0 Å². The lowest BCUT2D eigenvalue weighted by Gasteiger charge is -2.09. The molecule has 0 aliphatic carbocycles. The number of benzene rings is 1. The van der Waals surface area contributed by atoms with E-state index in [0.29, 0.717) is 31.5 Å². The zero-order chi connectivity index (χ0) is 19.3. The van der Waals surface area contributed by atoms with Gasteiger partial charge in [-0.2, -0.15) is 13.2 Å². The van der Waals surface area contributed by atoms with E-state index in [0.717, 1.165) is 11.8 Å². The minimum absolute atomic E-state index is 0.161. The average Bonchev–Trinajstić information content (AvgIpc) is 2.95. The van der Waals surface area contributed by atoms with Crippen molar-refractivity contribution in [1.82, 2.24) is 9.88 Å². The fraction of sp³-hybridized carbons (Fsp3) is 0.444. The first-order valence-corrected chi connectivity index (χ1v) is 8.27. The Kier molecular flexibility index (Phi) is 6.42. The predicted octanol–water partition coefficient (Wildman–Crippen LogP) is 3.10. The molecule has 1 heterocycles. The summed E-state index contributed by atoms with van der Waals surface area (Å²) in [5.41, 5.74) is 0.820. The Morgan fingerprint density at radius 2 is 2.00 bits per heavy atom. The number of para-hydroxylation sites is 1. The number of ether oxygens (including phenoxy) is 1. The van der Waals surface area contributed by atoms with E-state index in [1.165, 1.54) is 10.6 Å². The summed E-state index contributed by atoms with van der Waals surface area (Å²) in [6.07, 6.45) is -2.65. The third-order valence-electron chi connectivity index (χ3n) is 4.03. The lowest BCUT2D eigenvalue weighted by molar-refractivity contribution is -0.121. The van der Waals surface area contributed by atoms with Gasteiger partial charge in [0.25, 0.3) is 5.78 Å². The highest BCUT2D eigenvalue weighted by atomic mass is 19.4. The van der Waals surface area contributed by atoms with E-state index in [4.69, 9.17) is 4.74 Å². The van der Waals surface area contributed by atoms with Crippen LogP contribution in [0.2, 0.25) is 0 Å². The van der Waals surface area contributed by atoms with Crippen LogP contribution in [-0.4, -0.2) is 42.7 Å². The number of alkyl halides is 3. The first-order valence-electron chi connectivity index (χ1n) is 8.27. The molecule has 26 heavy (non-hydrogen) atoms. The molecular weight excluding hydrogens is 349 g/mol. The molecule has 0 aliphatic heterocycles. The molecule has 2 rings (SSSR count). The monoisotopic (exact) mass is 370 g/mol. The molecule has 0 unspecified atom stereocenters. The van der Waals surface area contributed by atoms with E-state index in [-0.39, 0.29) is 17.8 Å². The van der Waals surface area contributed by atoms with Crippen LogP contribution in [0.25, 0.3) is 10.9 Å². The van der Waals surface area contributed by atoms with Gasteiger partial charge in [-0.05, 0) is 18.4 Å². The third kappa shape index (κ3) is 4.43. The number of fused-ring (bicyclic) bond motifs is 1. The molecule has 1 amide bonds. The van der Waals surface area contributed by atoms with Gasteiger partial charge in [-0.25, -0.2) is 0 Å². The van der Waals surface area contributed by atoms with Gasteiger partial charge in [-0.15, -0.1) is 0 Å². The molecule has 1 N–H and O–H groups in total. The van der Waals surface area contributed by atoms with E-state index >= 15 is 0 Å². The number of nitrogens with one attached hydrogen (secondary N) is 1. The summed E-state index contributed by atoms with van der Waals surface area (Å²) in [6.45, 7) is 2.60. The van der Waals surface area contributed by atoms with E-state index in [9.17, 15) is 22.8 Å². The lowest BCUT2D eigenvalue weighted by Crippen LogP contribution is -2.29. The van der Waals surface area contributed by atoms with Gasteiger partial charge in [0, 0.05) is 31.8 Å². The van der Waals surface area contributed by atoms with Crippen molar-refractivity contribution < 1.29 is 27.5 Å². The number of ketones is 1. The first-order chi connectivity index (χ1) is 12.3. The highest BCUT2D eigenvalue weighted by Gasteiger charge is 2.41. The number of aryl methyl sites for hydroxylation is 1. The summed E-state index contributed by atoms with van der Waals surface area (Å²) in [5.74, 6) is -2.25. The Balaban J connectivity index is 2.36. The van der Waals surface area contributed by atoms with Gasteiger partial charge < -0.3 is 14.6 Å². The van der Waals surface area contributed by atoms with Crippen LogP contribution in [0, 0.1) is 0 Å². The molecule has 5 nitrogen and oxygen atoms in total. The summed E-state index contributed by atoms with van der Waals surface area (Å²) < 4.78 is 45.0. The number of halogens is 3. The second-order valence-corrected chi connectivity index (χ2v) is 5.86. The number of hydrogen-bond donors (Lipinski definition) is 1. The number of carbonyl (C=O) groups is 2. The van der Waals surface area contributed by atoms with Crippen LogP contribution < -0.4 is 5.32 Å². The Labute approximate surface area is 149 Å². The molecule has 0 atom stereocenters. The quantitative estimate of drug-likeness (QED) is 0.574. The van der Waals surface area contributed by atoms with Crippen molar-refractivity contribution in [2.75, 3.05) is 20.3 Å². The van der Waals surface area contributed by atoms with Crippen LogP contribution in [-0.2, 0) is 22.5 Å². The summed E-state index contributed by atoms with van der Waals surface area (Å²) in [4.78, 5) is 23.9. The van der Waals surface area contributed by atoms with Crippen molar-refractivity contribution in [2.45, 2.75) is 32.5 Å². The van der Waals surface area contributed by atoms with Gasteiger partial charge >= 0.3 is 6.18 Å². The SMILES string of the molecule is CCc1cccc2c(C(=O)C(F)(F)F)cn(CC(=O)NCCCOC)c12. The number of Topliss-reactive ketones (excluding diaryl/α,β-unsaturated/α-hetero) is 1. The number of methoxy groups -OCH3 is 1. The normalized spacial score (nSPS) is 11.7. The Bertz CT molecular complexity index is 797. The van der Waals surface area contributed by atoms with Crippen LogP contribution in [0.1, 0.15) is 29.3 Å². The third-order valence-corrected chi connectivity index (χ3v) is 4.03. The molecule has 0 spiro atoms. The van der Waals surface area contributed by atoms with E-state index in [1.54, 1.807) is 19.2 Å². The van der Waals surface area contributed by atoms with Crippen molar-refractivity contribution in [2.24, 2.45) is 0 Å². The van der Waals surface area contributed by atoms with Gasteiger partial charge in [0.1, 0.15) is 6.54 Å². The van der Waals surface area contributed by atoms with Gasteiger partial charge in [-0.1, -0.05) is 25.1 Å². The summed E-state index contributed by atoms with van der Waals surface area (Å²) in [7, 11) is 1.55. The van der Waals surface area contributed by atoms with Crippen LogP contribution >= 0.6 is 0 Å². The second kappa shape index (κ2) is 8.35. The van der Waals surface area contributed by atoms with Gasteiger partial charge in [0.15, 0.2) is 0 Å². The number of amides is 1. The minimum Gasteiger partial charge on any atom is -0.385 e. The molecule has 0 aliphatic rings. The maximum Gasteiger partial charge on any atom is 0.454 e. The predicted molar refractivity (Wildman–Crippen MR) is 91.2 cm³/mol. The largest absolute Gasteiger partial charge is 0.454 e. The molecule has 0 fully saturated rings. The lowest BCUT2D eigenvalue weighted by atomic mass is 10.0. The Hall–Kier alpha value is -2.35. The molecule has 0 radical (unpaired) electrons. The number of aromatic nitrogens is 1. The van der Waals surface area contributed by atoms with Crippen molar-refractivity contribution >= 4 is 22.6 Å². The van der Waals surface area contributed by atoms with Crippen LogP contribution in [0.15, 0.2) is 24.4 Å². The van der Waals surface area contributed by atoms with Gasteiger partial charge in [-0.3, -0.25) is 9.59 Å². The smallest absolute Gasteiger partial charge is 0.385 e. The standard InChI is InChI=1S/C18H21F3N2O3/c1-3-12-6-4-7-13-14(17(25)18(19,20)21)10-23(16(12)13)11-15(24)22-8-5-9-26-2/h4,6-7,10H,3,5,8-9,11H2,1-2H3,(H,22,24). The maximum atomic E-state index is 12.9. The molecule has 0 saturated carbocycles. The fourth-order valence-corrected chi connectivity index (χ4v) is 2.84. The molecule has 142 valence electrons. The van der Waals surface area contributed by atoms with Crippen molar-refractivity contribution in [3.8, 4) is 0 Å². The second-order valence-electron chi connectivity index (χ2n) is 5.86. The zero-order valence-corrected chi connectivity index (χ0v) is 14.7. The van der Waals surface area contributed by atoms with E-state index in [2.05, 4.69) is 5.32 Å². The molecule has 2 aromatic rings. The summed E-state index contributed by atoms with van der Waals surface area (Å²) >= 11 is 0. The Morgan fingerprint density at radius 1 is 1.27 bits per heavy atom. The highest BCUT2D eigenvalue weighted by Crippen LogP contribution is 2.30. The number of hydrogen-bond acceptors (Lipinski definition) is 3. The van der Waals surface area contributed by atoms with Gasteiger partial charge in [0.05, 0.1) is 11.1 Å². The zero-order valence-electron chi connectivity index (χ0n) is 14.7. The molecule has 1 aromatic carbocycles. The van der Waals surface area contributed by atoms with Crippen LogP contribution in [0.4, 0.5) is 13.2 Å². The number of rotatable bonds is 8. The maximum absolute atomic E-state index is 12.9. The highest BCUT2D eigenvalue weighted by molar-refractivity contribution is 6.11. The molecule has 8 heteroatoms. The van der Waals surface area contributed by atoms with Crippen molar-refractivity contribution in [3.63, 3.8) is 0 Å². The number of nitrogens with zero attached hydrogens (tertiary/aromatic N) is 1. The van der Waals surface area contributed by atoms with Crippen molar-refractivity contribution in [3.05, 3.63) is 35.5 Å². The molecule has 0 saturated heterocycles. The summed E-state index contributed by atoms with van der Waals surface area (Å²) in [5, 5.41) is 2.90. The Morgan fingerprint density at radius 3 is 2.62 bits per heavy atom.